The van der Waals surface area contributed by atoms with Gasteiger partial charge in [-0.25, -0.2) is 0 Å². The quantitative estimate of drug-likeness (QED) is 0.699. The van der Waals surface area contributed by atoms with Gasteiger partial charge in [0.15, 0.2) is 0 Å². The van der Waals surface area contributed by atoms with Crippen molar-refractivity contribution >= 4 is 0 Å². The van der Waals surface area contributed by atoms with Crippen LogP contribution in [0.4, 0.5) is 0 Å². The van der Waals surface area contributed by atoms with E-state index in [0.29, 0.717) is 25.3 Å². The van der Waals surface area contributed by atoms with Crippen LogP contribution in [0.2, 0.25) is 0 Å². The molecule has 0 bridgehead atoms. The Labute approximate surface area is 130 Å². The van der Waals surface area contributed by atoms with Crippen molar-refractivity contribution < 1.29 is 19.4 Å². The Kier molecular flexibility index (Phi) is 5.86. The van der Waals surface area contributed by atoms with E-state index >= 15 is 0 Å². The van der Waals surface area contributed by atoms with Crippen LogP contribution in [0.15, 0.2) is 41.0 Å². The molecule has 1 heterocycles. The summed E-state index contributed by atoms with van der Waals surface area (Å²) in [5.74, 6) is 1.53. The molecular weight excluding hydrogens is 282 g/mol. The molecule has 120 valence electrons. The lowest BCUT2D eigenvalue weighted by Gasteiger charge is -2.17. The van der Waals surface area contributed by atoms with Crippen molar-refractivity contribution in [1.29, 1.82) is 0 Å². The molecule has 0 saturated heterocycles. The molecule has 3 N–H and O–H groups in total. The topological polar surface area (TPSA) is 74.9 Å². The average Bonchev–Trinajstić information content (AvgIpc) is 3.02. The fraction of sp³-hybridized carbons (Fsp3) is 0.412. The van der Waals surface area contributed by atoms with Crippen LogP contribution < -0.4 is 10.1 Å². The molecule has 2 atom stereocenters. The van der Waals surface area contributed by atoms with Gasteiger partial charge in [0.25, 0.3) is 0 Å². The van der Waals surface area contributed by atoms with Crippen LogP contribution in [-0.4, -0.2) is 22.9 Å². The molecule has 22 heavy (non-hydrogen) atoms. The molecule has 0 fully saturated rings. The zero-order chi connectivity index (χ0) is 15.9. The van der Waals surface area contributed by atoms with E-state index in [1.165, 1.54) is 0 Å². The largest absolute Gasteiger partial charge is 0.508 e. The summed E-state index contributed by atoms with van der Waals surface area (Å²) in [5, 5.41) is 23.2. The molecule has 2 unspecified atom stereocenters. The summed E-state index contributed by atoms with van der Waals surface area (Å²) in [6, 6.07) is 8.77. The normalized spacial score (nSPS) is 13.8. The maximum absolute atomic E-state index is 10.0. The van der Waals surface area contributed by atoms with E-state index in [4.69, 9.17) is 9.15 Å². The number of furan rings is 1. The molecule has 1 aromatic carbocycles. The molecule has 0 radical (unpaired) electrons. The van der Waals surface area contributed by atoms with Gasteiger partial charge in [0.05, 0.1) is 12.9 Å². The first kappa shape index (κ1) is 16.4. The van der Waals surface area contributed by atoms with Crippen molar-refractivity contribution in [2.45, 2.75) is 39.0 Å². The minimum absolute atomic E-state index is 0.0650. The molecule has 0 aliphatic rings. The third-order valence-corrected chi connectivity index (χ3v) is 3.45. The molecule has 5 heteroatoms. The highest BCUT2D eigenvalue weighted by atomic mass is 16.5. The Bertz CT molecular complexity index is 568. The predicted molar refractivity (Wildman–Crippen MR) is 83.9 cm³/mol. The summed E-state index contributed by atoms with van der Waals surface area (Å²) in [5.41, 5.74) is 0.769. The summed E-state index contributed by atoms with van der Waals surface area (Å²) in [6.07, 6.45) is 1.44. The van der Waals surface area contributed by atoms with Gasteiger partial charge in [-0.15, -0.1) is 0 Å². The Morgan fingerprint density at radius 3 is 2.82 bits per heavy atom. The third kappa shape index (κ3) is 4.51. The van der Waals surface area contributed by atoms with Gasteiger partial charge in [0.1, 0.15) is 23.4 Å². The van der Waals surface area contributed by atoms with Gasteiger partial charge in [-0.3, -0.25) is 0 Å². The van der Waals surface area contributed by atoms with E-state index in [-0.39, 0.29) is 11.8 Å². The fourth-order valence-corrected chi connectivity index (χ4v) is 2.26. The van der Waals surface area contributed by atoms with Crippen LogP contribution in [0, 0.1) is 0 Å². The molecule has 0 saturated carbocycles. The first-order chi connectivity index (χ1) is 10.6. The molecule has 0 aliphatic heterocycles. The molecule has 0 spiro atoms. The summed E-state index contributed by atoms with van der Waals surface area (Å²) >= 11 is 0. The van der Waals surface area contributed by atoms with Gasteiger partial charge < -0.3 is 24.7 Å². The van der Waals surface area contributed by atoms with Crippen LogP contribution in [0.5, 0.6) is 11.5 Å². The van der Waals surface area contributed by atoms with Crippen molar-refractivity contribution in [3.05, 3.63) is 47.9 Å². The van der Waals surface area contributed by atoms with E-state index in [2.05, 4.69) is 5.32 Å². The smallest absolute Gasteiger partial charge is 0.132 e. The number of phenols is 1. The zero-order valence-corrected chi connectivity index (χ0v) is 13.0. The monoisotopic (exact) mass is 305 g/mol. The lowest BCUT2D eigenvalue weighted by Crippen LogP contribution is -2.27. The summed E-state index contributed by atoms with van der Waals surface area (Å²) in [6.45, 7) is 4.99. The van der Waals surface area contributed by atoms with Gasteiger partial charge in [0.2, 0.25) is 0 Å². The van der Waals surface area contributed by atoms with Crippen molar-refractivity contribution in [3.8, 4) is 11.5 Å². The van der Waals surface area contributed by atoms with Crippen LogP contribution in [0.3, 0.4) is 0 Å². The predicted octanol–water partition coefficient (Wildman–Crippen LogP) is 2.99. The number of aliphatic hydroxyl groups excluding tert-OH is 1. The van der Waals surface area contributed by atoms with Gasteiger partial charge >= 0.3 is 0 Å². The van der Waals surface area contributed by atoms with E-state index in [1.54, 1.807) is 30.5 Å². The highest BCUT2D eigenvalue weighted by molar-refractivity contribution is 5.39. The molecule has 1 aromatic heterocycles. The Balaban J connectivity index is 1.88. The minimum Gasteiger partial charge on any atom is -0.508 e. The molecule has 2 rings (SSSR count). The molecule has 5 nitrogen and oxygen atoms in total. The summed E-state index contributed by atoms with van der Waals surface area (Å²) in [4.78, 5) is 0. The molecule has 0 aliphatic carbocycles. The number of nitrogens with one attached hydrogen (secondary N) is 1. The second-order valence-electron chi connectivity index (χ2n) is 5.27. The van der Waals surface area contributed by atoms with Crippen molar-refractivity contribution in [3.63, 3.8) is 0 Å². The fourth-order valence-electron chi connectivity index (χ4n) is 2.26. The van der Waals surface area contributed by atoms with E-state index < -0.39 is 6.10 Å². The highest BCUT2D eigenvalue weighted by Crippen LogP contribution is 2.24. The van der Waals surface area contributed by atoms with Gasteiger partial charge in [-0.1, -0.05) is 0 Å². The standard InChI is InChI=1S/C17H23NO4/c1-3-21-14-6-7-15(19)13(10-14)11-18-12(2)9-16(20)17-5-4-8-22-17/h4-8,10,12,16,18-20H,3,9,11H2,1-2H3. The number of benzene rings is 1. The minimum atomic E-state index is -0.638. The zero-order valence-electron chi connectivity index (χ0n) is 13.0. The molecule has 0 amide bonds. The van der Waals surface area contributed by atoms with Gasteiger partial charge in [-0.2, -0.15) is 0 Å². The van der Waals surface area contributed by atoms with Crippen LogP contribution in [0.25, 0.3) is 0 Å². The van der Waals surface area contributed by atoms with E-state index in [9.17, 15) is 10.2 Å². The van der Waals surface area contributed by atoms with Gasteiger partial charge in [0, 0.05) is 18.2 Å². The Morgan fingerprint density at radius 2 is 2.14 bits per heavy atom. The number of ether oxygens (including phenoxy) is 1. The number of aliphatic hydroxyl groups is 1. The maximum Gasteiger partial charge on any atom is 0.132 e. The maximum atomic E-state index is 10.0. The van der Waals surface area contributed by atoms with E-state index in [0.717, 1.165) is 11.3 Å². The van der Waals surface area contributed by atoms with Crippen molar-refractivity contribution in [1.82, 2.24) is 5.32 Å². The highest BCUT2D eigenvalue weighted by Gasteiger charge is 2.15. The van der Waals surface area contributed by atoms with Crippen LogP contribution in [-0.2, 0) is 6.54 Å². The number of hydrogen-bond acceptors (Lipinski definition) is 5. The molecular formula is C17H23NO4. The van der Waals surface area contributed by atoms with Gasteiger partial charge in [-0.05, 0) is 50.6 Å². The van der Waals surface area contributed by atoms with Crippen molar-refractivity contribution in [2.24, 2.45) is 0 Å². The second-order valence-corrected chi connectivity index (χ2v) is 5.27. The number of aromatic hydroxyl groups is 1. The number of rotatable bonds is 8. The first-order valence-electron chi connectivity index (χ1n) is 7.49. The van der Waals surface area contributed by atoms with Crippen molar-refractivity contribution in [2.75, 3.05) is 6.61 Å². The lowest BCUT2D eigenvalue weighted by molar-refractivity contribution is 0.128. The number of phenolic OH excluding ortho intramolecular Hbond substituents is 1. The third-order valence-electron chi connectivity index (χ3n) is 3.45. The first-order valence-corrected chi connectivity index (χ1v) is 7.49. The number of hydrogen-bond donors (Lipinski definition) is 3. The second kappa shape index (κ2) is 7.87. The van der Waals surface area contributed by atoms with Crippen LogP contribution in [0.1, 0.15) is 37.7 Å². The molecule has 2 aromatic rings. The lowest BCUT2D eigenvalue weighted by atomic mass is 10.1. The summed E-state index contributed by atoms with van der Waals surface area (Å²) in [7, 11) is 0. The Morgan fingerprint density at radius 1 is 1.32 bits per heavy atom. The van der Waals surface area contributed by atoms with Crippen LogP contribution >= 0.6 is 0 Å². The van der Waals surface area contributed by atoms with E-state index in [1.807, 2.05) is 19.9 Å². The summed E-state index contributed by atoms with van der Waals surface area (Å²) < 4.78 is 10.6. The Hall–Kier alpha value is -1.98. The SMILES string of the molecule is CCOc1ccc(O)c(CNC(C)CC(O)c2ccco2)c1. The average molecular weight is 305 g/mol.